The highest BCUT2D eigenvalue weighted by Gasteiger charge is 2.40. The Bertz CT molecular complexity index is 258. The second kappa shape index (κ2) is 5.80. The monoisotopic (exact) mass is 244 g/mol. The molecule has 1 atom stereocenters. The van der Waals surface area contributed by atoms with Crippen LogP contribution in [0.3, 0.4) is 0 Å². The summed E-state index contributed by atoms with van der Waals surface area (Å²) in [6, 6.07) is 0. The number of amides is 1. The van der Waals surface area contributed by atoms with E-state index in [9.17, 15) is 15.0 Å². The lowest BCUT2D eigenvalue weighted by molar-refractivity contribution is -0.135. The molecule has 1 rings (SSSR count). The summed E-state index contributed by atoms with van der Waals surface area (Å²) in [7, 11) is 0. The first-order chi connectivity index (χ1) is 8.02. The zero-order valence-electron chi connectivity index (χ0n) is 10.8. The third-order valence-electron chi connectivity index (χ3n) is 3.74. The molecule has 4 N–H and O–H groups in total. The number of nitrogens with one attached hydrogen (secondary N) is 2. The van der Waals surface area contributed by atoms with Gasteiger partial charge in [0.1, 0.15) is 0 Å². The van der Waals surface area contributed by atoms with Gasteiger partial charge in [-0.3, -0.25) is 4.79 Å². The summed E-state index contributed by atoms with van der Waals surface area (Å²) < 4.78 is 0. The van der Waals surface area contributed by atoms with Gasteiger partial charge in [0.2, 0.25) is 5.91 Å². The average molecular weight is 244 g/mol. The molecular weight excluding hydrogens is 220 g/mol. The lowest BCUT2D eigenvalue weighted by Crippen LogP contribution is -2.59. The molecule has 0 aromatic rings. The van der Waals surface area contributed by atoms with Crippen LogP contribution in [0.15, 0.2) is 0 Å². The predicted molar refractivity (Wildman–Crippen MR) is 65.5 cm³/mol. The van der Waals surface area contributed by atoms with Gasteiger partial charge in [0.15, 0.2) is 0 Å². The third kappa shape index (κ3) is 3.18. The molecule has 1 fully saturated rings. The van der Waals surface area contributed by atoms with E-state index < -0.39 is 11.0 Å². The van der Waals surface area contributed by atoms with Crippen molar-refractivity contribution in [3.63, 3.8) is 0 Å². The number of carbonyl (C=O) groups excluding carboxylic acids is 1. The summed E-state index contributed by atoms with van der Waals surface area (Å²) in [5, 5.41) is 24.4. The van der Waals surface area contributed by atoms with Gasteiger partial charge in [-0.05, 0) is 32.7 Å². The largest absolute Gasteiger partial charge is 0.394 e. The minimum absolute atomic E-state index is 0.0715. The van der Waals surface area contributed by atoms with Crippen molar-refractivity contribution in [1.29, 1.82) is 0 Å². The van der Waals surface area contributed by atoms with E-state index in [1.54, 1.807) is 6.92 Å². The van der Waals surface area contributed by atoms with Crippen LogP contribution < -0.4 is 10.6 Å². The van der Waals surface area contributed by atoms with Gasteiger partial charge in [-0.1, -0.05) is 6.92 Å². The Labute approximate surface area is 103 Å². The highest BCUT2D eigenvalue weighted by Crippen LogP contribution is 2.30. The van der Waals surface area contributed by atoms with Gasteiger partial charge in [-0.25, -0.2) is 0 Å². The molecular formula is C12H24N2O3. The van der Waals surface area contributed by atoms with E-state index in [0.29, 0.717) is 6.54 Å². The van der Waals surface area contributed by atoms with Gasteiger partial charge in [0, 0.05) is 6.54 Å². The standard InChI is InChI=1S/C12H24N2O3/c1-3-12(5-4-6-13-7-12)10(17)14-11(2,8-15)9-16/h13,15-16H,3-9H2,1-2H3,(H,14,17). The van der Waals surface area contributed by atoms with Crippen LogP contribution in [0.1, 0.15) is 33.1 Å². The molecule has 0 spiro atoms. The van der Waals surface area contributed by atoms with Gasteiger partial charge in [-0.2, -0.15) is 0 Å². The molecule has 0 aromatic heterocycles. The number of hydrogen-bond acceptors (Lipinski definition) is 4. The summed E-state index contributed by atoms with van der Waals surface area (Å²) >= 11 is 0. The summed E-state index contributed by atoms with van der Waals surface area (Å²) in [4.78, 5) is 12.3. The molecule has 0 aromatic carbocycles. The number of aliphatic hydroxyl groups is 2. The second-order valence-corrected chi connectivity index (χ2v) is 5.25. The Morgan fingerprint density at radius 3 is 2.53 bits per heavy atom. The summed E-state index contributed by atoms with van der Waals surface area (Å²) in [6.45, 7) is 4.74. The zero-order chi connectivity index (χ0) is 12.9. The number of piperidine rings is 1. The Morgan fingerprint density at radius 1 is 1.47 bits per heavy atom. The third-order valence-corrected chi connectivity index (χ3v) is 3.74. The van der Waals surface area contributed by atoms with Crippen molar-refractivity contribution in [1.82, 2.24) is 10.6 Å². The second-order valence-electron chi connectivity index (χ2n) is 5.25. The molecule has 5 nitrogen and oxygen atoms in total. The molecule has 1 aliphatic rings. The van der Waals surface area contributed by atoms with Crippen LogP contribution in [0, 0.1) is 5.41 Å². The maximum atomic E-state index is 12.3. The van der Waals surface area contributed by atoms with Crippen LogP contribution in [-0.4, -0.2) is 48.0 Å². The van der Waals surface area contributed by atoms with Crippen molar-refractivity contribution in [2.24, 2.45) is 5.41 Å². The van der Waals surface area contributed by atoms with E-state index in [4.69, 9.17) is 0 Å². The summed E-state index contributed by atoms with van der Waals surface area (Å²) in [5.41, 5.74) is -1.33. The fourth-order valence-electron chi connectivity index (χ4n) is 2.16. The number of rotatable bonds is 5. The smallest absolute Gasteiger partial charge is 0.228 e. The van der Waals surface area contributed by atoms with Crippen molar-refractivity contribution in [2.75, 3.05) is 26.3 Å². The lowest BCUT2D eigenvalue weighted by atomic mass is 9.77. The maximum Gasteiger partial charge on any atom is 0.228 e. The summed E-state index contributed by atoms with van der Waals surface area (Å²) in [6.07, 6.45) is 2.60. The molecule has 0 saturated carbocycles. The van der Waals surface area contributed by atoms with Crippen molar-refractivity contribution >= 4 is 5.91 Å². The molecule has 5 heteroatoms. The molecule has 0 radical (unpaired) electrons. The number of hydrogen-bond donors (Lipinski definition) is 4. The van der Waals surface area contributed by atoms with Crippen LogP contribution in [0.25, 0.3) is 0 Å². The topological polar surface area (TPSA) is 81.6 Å². The Hall–Kier alpha value is -0.650. The fraction of sp³-hybridized carbons (Fsp3) is 0.917. The van der Waals surface area contributed by atoms with Crippen LogP contribution in [0.2, 0.25) is 0 Å². The molecule has 1 unspecified atom stereocenters. The van der Waals surface area contributed by atoms with Gasteiger partial charge in [-0.15, -0.1) is 0 Å². The predicted octanol–water partition coefficient (Wildman–Crippen LogP) is -0.374. The van der Waals surface area contributed by atoms with E-state index in [0.717, 1.165) is 25.8 Å². The van der Waals surface area contributed by atoms with E-state index in [1.165, 1.54) is 0 Å². The molecule has 0 aliphatic carbocycles. The molecule has 100 valence electrons. The molecule has 17 heavy (non-hydrogen) atoms. The first-order valence-electron chi connectivity index (χ1n) is 6.27. The van der Waals surface area contributed by atoms with Crippen LogP contribution in [0.4, 0.5) is 0 Å². The molecule has 1 amide bonds. The highest BCUT2D eigenvalue weighted by atomic mass is 16.3. The quantitative estimate of drug-likeness (QED) is 0.532. The minimum atomic E-state index is -0.934. The maximum absolute atomic E-state index is 12.3. The molecule has 1 saturated heterocycles. The number of carbonyl (C=O) groups is 1. The van der Waals surface area contributed by atoms with E-state index in [-0.39, 0.29) is 19.1 Å². The minimum Gasteiger partial charge on any atom is -0.394 e. The van der Waals surface area contributed by atoms with E-state index in [1.807, 2.05) is 6.92 Å². The van der Waals surface area contributed by atoms with Crippen LogP contribution in [0.5, 0.6) is 0 Å². The zero-order valence-corrected chi connectivity index (χ0v) is 10.8. The molecule has 0 bridgehead atoms. The van der Waals surface area contributed by atoms with Gasteiger partial charge >= 0.3 is 0 Å². The van der Waals surface area contributed by atoms with Gasteiger partial charge in [0.25, 0.3) is 0 Å². The van der Waals surface area contributed by atoms with Crippen molar-refractivity contribution in [3.8, 4) is 0 Å². The van der Waals surface area contributed by atoms with E-state index >= 15 is 0 Å². The average Bonchev–Trinajstić information content (AvgIpc) is 2.39. The van der Waals surface area contributed by atoms with Crippen molar-refractivity contribution in [2.45, 2.75) is 38.6 Å². The summed E-state index contributed by atoms with van der Waals surface area (Å²) in [5.74, 6) is -0.0715. The van der Waals surface area contributed by atoms with Gasteiger partial charge in [0.05, 0.1) is 24.2 Å². The first kappa shape index (κ1) is 14.4. The van der Waals surface area contributed by atoms with Crippen LogP contribution >= 0.6 is 0 Å². The Kier molecular flexibility index (Phi) is 4.91. The first-order valence-corrected chi connectivity index (χ1v) is 6.27. The van der Waals surface area contributed by atoms with Gasteiger partial charge < -0.3 is 20.8 Å². The van der Waals surface area contributed by atoms with E-state index in [2.05, 4.69) is 10.6 Å². The lowest BCUT2D eigenvalue weighted by Gasteiger charge is -2.38. The van der Waals surface area contributed by atoms with Crippen molar-refractivity contribution in [3.05, 3.63) is 0 Å². The SMILES string of the molecule is CCC1(C(=O)NC(C)(CO)CO)CCCNC1. The normalized spacial score (nSPS) is 25.6. The fourth-order valence-corrected chi connectivity index (χ4v) is 2.16. The Balaban J connectivity index is 2.72. The molecule has 1 aliphatic heterocycles. The molecule has 1 heterocycles. The number of aliphatic hydroxyl groups excluding tert-OH is 2. The van der Waals surface area contributed by atoms with Crippen molar-refractivity contribution < 1.29 is 15.0 Å². The Morgan fingerprint density at radius 2 is 2.12 bits per heavy atom. The highest BCUT2D eigenvalue weighted by molar-refractivity contribution is 5.83. The van der Waals surface area contributed by atoms with Crippen LogP contribution in [-0.2, 0) is 4.79 Å².